The van der Waals surface area contributed by atoms with E-state index in [2.05, 4.69) is 253 Å². The first kappa shape index (κ1) is 40.5. The van der Waals surface area contributed by atoms with Gasteiger partial charge in [0.05, 0.1) is 33.8 Å². The van der Waals surface area contributed by atoms with E-state index in [1.165, 1.54) is 32.3 Å². The number of rotatable bonds is 7. The highest BCUT2D eigenvalue weighted by molar-refractivity contribution is 6.09. The molecule has 0 amide bonds. The van der Waals surface area contributed by atoms with Crippen molar-refractivity contribution in [1.82, 2.24) is 24.5 Å². The van der Waals surface area contributed by atoms with Crippen LogP contribution in [0.5, 0.6) is 0 Å². The summed E-state index contributed by atoms with van der Waals surface area (Å²) in [6.45, 7) is 0. The molecule has 3 aromatic heterocycles. The zero-order chi connectivity index (χ0) is 46.8. The first-order valence-corrected chi connectivity index (χ1v) is 24.0. The third-order valence-corrected chi connectivity index (χ3v) is 13.9. The van der Waals surface area contributed by atoms with Crippen LogP contribution in [0.25, 0.3) is 138 Å². The molecule has 0 aliphatic carbocycles. The minimum atomic E-state index is 0.652. The minimum absolute atomic E-state index is 0.652. The maximum atomic E-state index is 5.49. The number of aromatic nitrogens is 5. The summed E-state index contributed by atoms with van der Waals surface area (Å²) in [6.07, 6.45) is 0. The average molecular weight is 904 g/mol. The molecule has 0 spiro atoms. The largest absolute Gasteiger partial charge is 0.309 e. The van der Waals surface area contributed by atoms with Crippen molar-refractivity contribution < 1.29 is 0 Å². The van der Waals surface area contributed by atoms with Crippen molar-refractivity contribution in [3.05, 3.63) is 249 Å². The standard InChI is InChI=1S/C66H41N5/c1-5-17-46-33-50(29-25-42(46)13-1)59-40-61(69-65(67-59)52-31-27-44-15-3-7-19-48(44)35-52)54-37-55(39-56(38-54)71-63-23-11-9-21-57(63)58-22-10-12-24-64(58)71)62-41-60(51-30-26-43-14-2-6-18-47(43)34-51)68-66(70-62)53-32-28-45-16-4-8-20-49(45)36-53/h1-41H. The van der Waals surface area contributed by atoms with E-state index < -0.39 is 0 Å². The Kier molecular flexibility index (Phi) is 9.46. The second-order valence-electron chi connectivity index (χ2n) is 18.3. The van der Waals surface area contributed by atoms with Crippen LogP contribution in [-0.2, 0) is 0 Å². The van der Waals surface area contributed by atoms with E-state index in [1.807, 2.05) is 0 Å². The molecule has 3 heterocycles. The van der Waals surface area contributed by atoms with Crippen molar-refractivity contribution in [1.29, 1.82) is 0 Å². The quantitative estimate of drug-likeness (QED) is 0.160. The molecule has 0 fully saturated rings. The van der Waals surface area contributed by atoms with Gasteiger partial charge in [0.15, 0.2) is 11.6 Å². The van der Waals surface area contributed by atoms with Gasteiger partial charge in [0.1, 0.15) is 0 Å². The van der Waals surface area contributed by atoms with Crippen molar-refractivity contribution in [2.24, 2.45) is 0 Å². The summed E-state index contributed by atoms with van der Waals surface area (Å²) in [7, 11) is 0. The summed E-state index contributed by atoms with van der Waals surface area (Å²) in [5.74, 6) is 1.30. The van der Waals surface area contributed by atoms with Crippen LogP contribution in [0, 0.1) is 0 Å². The van der Waals surface area contributed by atoms with Crippen LogP contribution in [0.4, 0.5) is 0 Å². The molecule has 0 aliphatic heterocycles. The average Bonchev–Trinajstić information content (AvgIpc) is 3.78. The fourth-order valence-corrected chi connectivity index (χ4v) is 10.3. The van der Waals surface area contributed by atoms with Gasteiger partial charge in [0.25, 0.3) is 0 Å². The predicted molar refractivity (Wildman–Crippen MR) is 295 cm³/mol. The Morgan fingerprint density at radius 2 is 0.535 bits per heavy atom. The highest BCUT2D eigenvalue weighted by Crippen LogP contribution is 2.39. The topological polar surface area (TPSA) is 56.5 Å². The lowest BCUT2D eigenvalue weighted by molar-refractivity contribution is 1.16. The lowest BCUT2D eigenvalue weighted by atomic mass is 9.99. The lowest BCUT2D eigenvalue weighted by Gasteiger charge is -2.16. The Hall–Kier alpha value is -9.58. The SMILES string of the molecule is c1ccc2cc(-c3cc(-c4cc(-c5cc(-c6ccc7ccccc7c6)nc(-c6ccc7ccccc7c6)n5)cc(-n5c6ccccc6c6ccccc65)c4)nc(-c4ccc5ccccc5c4)n3)ccc2c1. The summed E-state index contributed by atoms with van der Waals surface area (Å²) in [6, 6.07) is 88.4. The Labute approximate surface area is 409 Å². The first-order valence-electron chi connectivity index (χ1n) is 24.0. The maximum Gasteiger partial charge on any atom is 0.160 e. The van der Waals surface area contributed by atoms with Crippen LogP contribution in [0.2, 0.25) is 0 Å². The van der Waals surface area contributed by atoms with Crippen LogP contribution in [0.3, 0.4) is 0 Å². The predicted octanol–water partition coefficient (Wildman–Crippen LogP) is 17.0. The van der Waals surface area contributed by atoms with Gasteiger partial charge in [-0.2, -0.15) is 0 Å². The number of hydrogen-bond donors (Lipinski definition) is 0. The molecule has 0 atom stereocenters. The smallest absolute Gasteiger partial charge is 0.160 e. The molecule has 5 nitrogen and oxygen atoms in total. The molecule has 11 aromatic carbocycles. The highest BCUT2D eigenvalue weighted by Gasteiger charge is 2.19. The molecule has 0 unspecified atom stereocenters. The number of para-hydroxylation sites is 2. The first-order chi connectivity index (χ1) is 35.1. The van der Waals surface area contributed by atoms with Gasteiger partial charge in [-0.05, 0) is 110 Å². The van der Waals surface area contributed by atoms with Gasteiger partial charge in [-0.25, -0.2) is 19.9 Å². The summed E-state index contributed by atoms with van der Waals surface area (Å²) < 4.78 is 2.38. The Morgan fingerprint density at radius 1 is 0.225 bits per heavy atom. The zero-order valence-corrected chi connectivity index (χ0v) is 38.4. The monoisotopic (exact) mass is 903 g/mol. The van der Waals surface area contributed by atoms with Crippen molar-refractivity contribution in [2.75, 3.05) is 0 Å². The fourth-order valence-electron chi connectivity index (χ4n) is 10.3. The van der Waals surface area contributed by atoms with Crippen LogP contribution in [0.1, 0.15) is 0 Å². The van der Waals surface area contributed by atoms with Crippen molar-refractivity contribution in [2.45, 2.75) is 0 Å². The number of hydrogen-bond acceptors (Lipinski definition) is 4. The molecule has 0 saturated heterocycles. The fraction of sp³-hybridized carbons (Fsp3) is 0. The summed E-state index contributed by atoms with van der Waals surface area (Å²) in [5, 5.41) is 11.7. The lowest BCUT2D eigenvalue weighted by Crippen LogP contribution is -2.00. The van der Waals surface area contributed by atoms with Gasteiger partial charge < -0.3 is 4.57 Å². The van der Waals surface area contributed by atoms with Crippen molar-refractivity contribution >= 4 is 64.9 Å². The highest BCUT2D eigenvalue weighted by atomic mass is 15.0. The van der Waals surface area contributed by atoms with E-state index in [-0.39, 0.29) is 0 Å². The number of nitrogens with zero attached hydrogens (tertiary/aromatic N) is 5. The maximum absolute atomic E-state index is 5.49. The van der Waals surface area contributed by atoms with Gasteiger partial charge in [-0.1, -0.05) is 182 Å². The molecule has 14 aromatic rings. The van der Waals surface area contributed by atoms with Crippen LogP contribution >= 0.6 is 0 Å². The summed E-state index contributed by atoms with van der Waals surface area (Å²) in [5.41, 5.74) is 12.3. The molecule has 14 rings (SSSR count). The third-order valence-electron chi connectivity index (χ3n) is 13.9. The molecule has 0 bridgehead atoms. The second kappa shape index (κ2) is 16.6. The molecular formula is C66H41N5. The van der Waals surface area contributed by atoms with E-state index in [9.17, 15) is 0 Å². The van der Waals surface area contributed by atoms with Crippen LogP contribution in [-0.4, -0.2) is 24.5 Å². The zero-order valence-electron chi connectivity index (χ0n) is 38.4. The molecule has 5 heteroatoms. The molecular weight excluding hydrogens is 863 g/mol. The summed E-state index contributed by atoms with van der Waals surface area (Å²) >= 11 is 0. The van der Waals surface area contributed by atoms with Gasteiger partial charge in [-0.15, -0.1) is 0 Å². The Balaban J connectivity index is 1.04. The Bertz CT molecular complexity index is 3960. The van der Waals surface area contributed by atoms with Gasteiger partial charge >= 0.3 is 0 Å². The van der Waals surface area contributed by atoms with Gasteiger partial charge in [0.2, 0.25) is 0 Å². The van der Waals surface area contributed by atoms with Crippen molar-refractivity contribution in [3.63, 3.8) is 0 Å². The van der Waals surface area contributed by atoms with Crippen LogP contribution in [0.15, 0.2) is 249 Å². The van der Waals surface area contributed by atoms with E-state index in [4.69, 9.17) is 19.9 Å². The number of benzene rings is 11. The van der Waals surface area contributed by atoms with E-state index >= 15 is 0 Å². The summed E-state index contributed by atoms with van der Waals surface area (Å²) in [4.78, 5) is 21.7. The second-order valence-corrected chi connectivity index (χ2v) is 18.3. The minimum Gasteiger partial charge on any atom is -0.309 e. The molecule has 0 saturated carbocycles. The molecule has 0 aliphatic rings. The molecule has 0 N–H and O–H groups in total. The van der Waals surface area contributed by atoms with Gasteiger partial charge in [-0.3, -0.25) is 0 Å². The number of fused-ring (bicyclic) bond motifs is 7. The molecule has 330 valence electrons. The van der Waals surface area contributed by atoms with Crippen LogP contribution < -0.4 is 0 Å². The van der Waals surface area contributed by atoms with Gasteiger partial charge in [0, 0.05) is 49.8 Å². The molecule has 71 heavy (non-hydrogen) atoms. The van der Waals surface area contributed by atoms with E-state index in [0.717, 1.165) is 94.4 Å². The Morgan fingerprint density at radius 3 is 0.930 bits per heavy atom. The normalized spacial score (nSPS) is 11.7. The molecule has 0 radical (unpaired) electrons. The third kappa shape index (κ3) is 7.27. The van der Waals surface area contributed by atoms with E-state index in [0.29, 0.717) is 11.6 Å². The van der Waals surface area contributed by atoms with Crippen molar-refractivity contribution in [3.8, 4) is 73.5 Å². The van der Waals surface area contributed by atoms with E-state index in [1.54, 1.807) is 0 Å².